The number of aliphatic hydroxyl groups excluding tert-OH is 1. The number of rotatable bonds is 4. The van der Waals surface area contributed by atoms with Crippen molar-refractivity contribution in [3.8, 4) is 33.8 Å². The Morgan fingerprint density at radius 1 is 0.763 bits per heavy atom. The van der Waals surface area contributed by atoms with Crippen molar-refractivity contribution in [1.82, 2.24) is 9.97 Å². The summed E-state index contributed by atoms with van der Waals surface area (Å²) in [6.45, 7) is 11.1. The van der Waals surface area contributed by atoms with E-state index in [1.807, 2.05) is 121 Å². The van der Waals surface area contributed by atoms with Crippen LogP contribution in [0.25, 0.3) is 33.8 Å². The van der Waals surface area contributed by atoms with Gasteiger partial charge in [0.2, 0.25) is 0 Å². The second kappa shape index (κ2) is 13.4. The first kappa shape index (κ1) is 30.8. The van der Waals surface area contributed by atoms with Crippen molar-refractivity contribution >= 4 is 5.78 Å². The van der Waals surface area contributed by atoms with E-state index < -0.39 is 5.41 Å². The molecule has 1 heterocycles. The van der Waals surface area contributed by atoms with E-state index in [-0.39, 0.29) is 37.1 Å². The van der Waals surface area contributed by atoms with Crippen LogP contribution in [0.15, 0.2) is 103 Å². The molecule has 199 valence electrons. The number of aliphatic hydroxyl groups is 1. The summed E-state index contributed by atoms with van der Waals surface area (Å²) in [6.07, 6.45) is 3.16. The molecule has 4 rings (SSSR count). The minimum atomic E-state index is -0.417. The summed E-state index contributed by atoms with van der Waals surface area (Å²) in [5, 5.41) is 9.56. The van der Waals surface area contributed by atoms with Crippen LogP contribution < -0.4 is 0 Å². The van der Waals surface area contributed by atoms with Gasteiger partial charge < -0.3 is 10.1 Å². The minimum Gasteiger partial charge on any atom is -0.512 e. The van der Waals surface area contributed by atoms with Gasteiger partial charge in [-0.2, -0.15) is 0 Å². The third-order valence-electron chi connectivity index (χ3n) is 5.63. The fourth-order valence-corrected chi connectivity index (χ4v) is 3.23. The predicted molar refractivity (Wildman–Crippen MR) is 152 cm³/mol. The van der Waals surface area contributed by atoms with E-state index in [1.54, 1.807) is 0 Å². The number of benzene rings is 3. The molecule has 38 heavy (non-hydrogen) atoms. The Kier molecular flexibility index (Phi) is 10.9. The van der Waals surface area contributed by atoms with Crippen LogP contribution in [0.3, 0.4) is 0 Å². The molecule has 0 fully saturated rings. The Labute approximate surface area is 240 Å². The molecule has 0 saturated heterocycles. The average Bonchev–Trinajstić information content (AvgIpc) is 2.89. The zero-order chi connectivity index (χ0) is 27.1. The fourth-order valence-electron chi connectivity index (χ4n) is 3.23. The number of hydrogen-bond donors (Lipinski definition) is 1. The molecule has 0 aliphatic heterocycles. The third-order valence-corrected chi connectivity index (χ3v) is 5.63. The van der Waals surface area contributed by atoms with E-state index in [2.05, 4.69) is 18.2 Å². The summed E-state index contributed by atoms with van der Waals surface area (Å²) < 4.78 is 0. The Morgan fingerprint density at radius 2 is 1.32 bits per heavy atom. The largest absolute Gasteiger partial charge is 0.512 e. The number of aromatic nitrogens is 2. The van der Waals surface area contributed by atoms with Gasteiger partial charge in [-0.05, 0) is 5.56 Å². The smallest absolute Gasteiger partial charge is 0.164 e. The van der Waals surface area contributed by atoms with Crippen molar-refractivity contribution in [2.24, 2.45) is 10.8 Å². The van der Waals surface area contributed by atoms with Gasteiger partial charge >= 0.3 is 0 Å². The summed E-state index contributed by atoms with van der Waals surface area (Å²) in [5.74, 6) is 0.104. The first-order chi connectivity index (χ1) is 17.5. The summed E-state index contributed by atoms with van der Waals surface area (Å²) in [4.78, 5) is 21.1. The van der Waals surface area contributed by atoms with Crippen molar-refractivity contribution in [2.75, 3.05) is 0 Å². The van der Waals surface area contributed by atoms with Crippen LogP contribution in [0, 0.1) is 16.9 Å². The van der Waals surface area contributed by atoms with Crippen LogP contribution in [0.5, 0.6) is 0 Å². The molecule has 4 nitrogen and oxygen atoms in total. The topological polar surface area (TPSA) is 63.1 Å². The molecule has 5 heteroatoms. The van der Waals surface area contributed by atoms with E-state index in [9.17, 15) is 9.90 Å². The van der Waals surface area contributed by atoms with Gasteiger partial charge in [-0.15, -0.1) is 35.9 Å². The summed E-state index contributed by atoms with van der Waals surface area (Å²) >= 11 is 0. The molecular weight excluding hydrogens is 649 g/mol. The SMILES string of the molecule is CC(C)(C)C(=O)/C=C(\O)C(C)(C)C.[Ir].[c-]1ccccc1-c1ncc(-c2ccccc2)nc1-c1ccccc1. The van der Waals surface area contributed by atoms with Gasteiger partial charge in [0.15, 0.2) is 5.78 Å². The van der Waals surface area contributed by atoms with Crippen LogP contribution in [0.4, 0.5) is 0 Å². The zero-order valence-electron chi connectivity index (χ0n) is 22.8. The van der Waals surface area contributed by atoms with E-state index in [0.29, 0.717) is 0 Å². The molecule has 4 aromatic rings. The first-order valence-electron chi connectivity index (χ1n) is 12.4. The molecular formula is C33H35IrN2O2-. The number of nitrogens with zero attached hydrogens (tertiary/aromatic N) is 2. The van der Waals surface area contributed by atoms with Crippen LogP contribution in [0.1, 0.15) is 41.5 Å². The molecule has 0 atom stereocenters. The van der Waals surface area contributed by atoms with Gasteiger partial charge in [-0.3, -0.25) is 9.78 Å². The van der Waals surface area contributed by atoms with Crippen molar-refractivity contribution in [1.29, 1.82) is 0 Å². The maximum absolute atomic E-state index is 11.5. The van der Waals surface area contributed by atoms with E-state index in [1.165, 1.54) is 6.08 Å². The maximum atomic E-state index is 11.5. The Balaban J connectivity index is 0.000000313. The molecule has 0 saturated carbocycles. The van der Waals surface area contributed by atoms with Gasteiger partial charge in [0, 0.05) is 54.5 Å². The van der Waals surface area contributed by atoms with Gasteiger partial charge in [0.05, 0.1) is 11.4 Å². The maximum Gasteiger partial charge on any atom is 0.164 e. The Morgan fingerprint density at radius 3 is 1.82 bits per heavy atom. The molecule has 0 amide bonds. The first-order valence-corrected chi connectivity index (χ1v) is 12.4. The van der Waals surface area contributed by atoms with Gasteiger partial charge in [0.25, 0.3) is 0 Å². The number of ketones is 1. The van der Waals surface area contributed by atoms with E-state index in [4.69, 9.17) is 9.97 Å². The Hall–Kier alpha value is -3.40. The average molecular weight is 684 g/mol. The van der Waals surface area contributed by atoms with Crippen molar-refractivity contribution in [3.05, 3.63) is 109 Å². The number of hydrogen-bond acceptors (Lipinski definition) is 4. The van der Waals surface area contributed by atoms with Crippen LogP contribution >= 0.6 is 0 Å². The van der Waals surface area contributed by atoms with E-state index >= 15 is 0 Å². The molecule has 1 radical (unpaired) electrons. The normalized spacial score (nSPS) is 11.6. The Bertz CT molecular complexity index is 1340. The van der Waals surface area contributed by atoms with Crippen LogP contribution in [-0.2, 0) is 24.9 Å². The number of carbonyl (C=O) groups is 1. The molecule has 0 aliphatic rings. The second-order valence-corrected chi connectivity index (χ2v) is 10.9. The molecule has 0 aliphatic carbocycles. The van der Waals surface area contributed by atoms with Gasteiger partial charge in [-0.1, -0.05) is 102 Å². The monoisotopic (exact) mass is 684 g/mol. The molecule has 3 aromatic carbocycles. The van der Waals surface area contributed by atoms with Gasteiger partial charge in [-0.25, -0.2) is 0 Å². The quantitative estimate of drug-likeness (QED) is 0.133. The number of carbonyl (C=O) groups excluding carboxylic acids is 1. The fraction of sp³-hybridized carbons (Fsp3) is 0.242. The molecule has 1 aromatic heterocycles. The molecule has 0 bridgehead atoms. The van der Waals surface area contributed by atoms with Crippen LogP contribution in [0.2, 0.25) is 0 Å². The molecule has 0 spiro atoms. The second-order valence-electron chi connectivity index (χ2n) is 10.9. The standard InChI is InChI=1S/C22H15N2.C11H20O2.Ir/c1-4-10-17(11-5-1)20-16-23-21(18-12-6-2-7-13-18)22(24-20)19-14-8-3-9-15-19;1-10(2,3)8(12)7-9(13)11(4,5)6;/h1-12,14-16H;7,12H,1-6H3;/q-1;;/b;8-7-;. The van der Waals surface area contributed by atoms with Crippen molar-refractivity contribution in [3.63, 3.8) is 0 Å². The van der Waals surface area contributed by atoms with Crippen molar-refractivity contribution < 1.29 is 30.0 Å². The minimum absolute atomic E-state index is 0. The van der Waals surface area contributed by atoms with Crippen LogP contribution in [-0.4, -0.2) is 20.9 Å². The summed E-state index contributed by atoms with van der Waals surface area (Å²) in [7, 11) is 0. The predicted octanol–water partition coefficient (Wildman–Crippen LogP) is 8.36. The molecule has 0 unspecified atom stereocenters. The summed E-state index contributed by atoms with van der Waals surface area (Å²) in [5.41, 5.74) is 4.89. The summed E-state index contributed by atoms with van der Waals surface area (Å²) in [6, 6.07) is 31.4. The number of allylic oxidation sites excluding steroid dienone is 2. The van der Waals surface area contributed by atoms with Gasteiger partial charge in [0.1, 0.15) is 5.76 Å². The van der Waals surface area contributed by atoms with E-state index in [0.717, 1.165) is 33.8 Å². The molecule has 1 N–H and O–H groups in total. The zero-order valence-corrected chi connectivity index (χ0v) is 25.2. The third kappa shape index (κ3) is 8.58. The van der Waals surface area contributed by atoms with Crippen molar-refractivity contribution in [2.45, 2.75) is 41.5 Å².